The Hall–Kier alpha value is -2.06. The predicted octanol–water partition coefficient (Wildman–Crippen LogP) is 5.16. The summed E-state index contributed by atoms with van der Waals surface area (Å²) < 4.78 is 7.68. The molecule has 1 aromatic carbocycles. The van der Waals surface area contributed by atoms with Crippen molar-refractivity contribution in [1.82, 2.24) is 9.88 Å². The Balaban J connectivity index is 1.63. The van der Waals surface area contributed by atoms with Crippen LogP contribution in [0.15, 0.2) is 50.8 Å². The lowest BCUT2D eigenvalue weighted by atomic mass is 10.0. The highest BCUT2D eigenvalue weighted by atomic mass is 35.5. The number of aryl methyl sites for hydroxylation is 1. The van der Waals surface area contributed by atoms with Crippen molar-refractivity contribution >= 4 is 40.6 Å². The zero-order chi connectivity index (χ0) is 22.2. The summed E-state index contributed by atoms with van der Waals surface area (Å²) in [6, 6.07) is 9.44. The number of aromatic nitrogens is 1. The topological polar surface area (TPSA) is 60.3 Å². The van der Waals surface area contributed by atoms with Crippen LogP contribution >= 0.6 is 34.7 Å². The number of hydrogen-bond acceptors (Lipinski definition) is 5. The van der Waals surface area contributed by atoms with E-state index < -0.39 is 0 Å². The van der Waals surface area contributed by atoms with Crippen LogP contribution in [0.3, 0.4) is 0 Å². The van der Waals surface area contributed by atoms with Gasteiger partial charge in [-0.1, -0.05) is 11.6 Å². The molecule has 5 nitrogen and oxygen atoms in total. The van der Waals surface area contributed by atoms with E-state index >= 15 is 0 Å². The van der Waals surface area contributed by atoms with Crippen LogP contribution in [-0.4, -0.2) is 29.7 Å². The van der Waals surface area contributed by atoms with Crippen molar-refractivity contribution in [2.45, 2.75) is 42.4 Å². The van der Waals surface area contributed by atoms with Gasteiger partial charge in [-0.15, -0.1) is 11.8 Å². The Morgan fingerprint density at radius 3 is 2.94 bits per heavy atom. The number of pyridine rings is 1. The van der Waals surface area contributed by atoms with E-state index in [1.54, 1.807) is 29.2 Å². The van der Waals surface area contributed by atoms with Gasteiger partial charge >= 0.3 is 0 Å². The first-order valence-electron chi connectivity index (χ1n) is 10.7. The Bertz CT molecular complexity index is 1220. The van der Waals surface area contributed by atoms with Crippen molar-refractivity contribution in [3.8, 4) is 5.69 Å². The smallest absolute Gasteiger partial charge is 0.257 e. The number of thioether (sulfide) groups is 1. The Morgan fingerprint density at radius 1 is 1.31 bits per heavy atom. The van der Waals surface area contributed by atoms with Crippen LogP contribution in [0.4, 0.5) is 0 Å². The molecule has 1 fully saturated rings. The number of amides is 1. The number of nitrogens with zero attached hydrogens (tertiary/aromatic N) is 1. The third kappa shape index (κ3) is 4.15. The summed E-state index contributed by atoms with van der Waals surface area (Å²) in [6.45, 7) is 3.05. The van der Waals surface area contributed by atoms with Gasteiger partial charge in [0.15, 0.2) is 5.43 Å². The lowest BCUT2D eigenvalue weighted by Gasteiger charge is -2.20. The van der Waals surface area contributed by atoms with E-state index in [1.807, 2.05) is 29.7 Å². The molecule has 1 N–H and O–H groups in total. The van der Waals surface area contributed by atoms with Gasteiger partial charge in [0.05, 0.1) is 11.8 Å². The Kier molecular flexibility index (Phi) is 6.16. The first kappa shape index (κ1) is 21.8. The van der Waals surface area contributed by atoms with Crippen molar-refractivity contribution in [3.63, 3.8) is 0 Å². The molecule has 166 valence electrons. The molecule has 8 heteroatoms. The van der Waals surface area contributed by atoms with Crippen LogP contribution in [-0.2, 0) is 11.2 Å². The molecule has 32 heavy (non-hydrogen) atoms. The van der Waals surface area contributed by atoms with Gasteiger partial charge in [0.1, 0.15) is 5.56 Å². The fourth-order valence-electron chi connectivity index (χ4n) is 4.45. The molecule has 2 aromatic heterocycles. The number of benzene rings is 1. The Labute approximate surface area is 199 Å². The second kappa shape index (κ2) is 9.06. The summed E-state index contributed by atoms with van der Waals surface area (Å²) >= 11 is 9.70. The van der Waals surface area contributed by atoms with Crippen molar-refractivity contribution in [1.29, 1.82) is 0 Å². The third-order valence-electron chi connectivity index (χ3n) is 5.96. The molecule has 2 aliphatic heterocycles. The first-order valence-corrected chi connectivity index (χ1v) is 12.9. The van der Waals surface area contributed by atoms with E-state index in [0.29, 0.717) is 18.0 Å². The minimum atomic E-state index is -0.333. The van der Waals surface area contributed by atoms with Crippen molar-refractivity contribution in [3.05, 3.63) is 78.9 Å². The van der Waals surface area contributed by atoms with E-state index in [4.69, 9.17) is 16.3 Å². The van der Waals surface area contributed by atoms with Crippen LogP contribution in [0.1, 0.15) is 45.4 Å². The van der Waals surface area contributed by atoms with Gasteiger partial charge in [-0.05, 0) is 60.4 Å². The molecule has 0 bridgehead atoms. The predicted molar refractivity (Wildman–Crippen MR) is 130 cm³/mol. The highest BCUT2D eigenvalue weighted by Crippen LogP contribution is 2.45. The van der Waals surface area contributed by atoms with E-state index in [2.05, 4.69) is 22.1 Å². The number of halogens is 1. The van der Waals surface area contributed by atoms with E-state index in [9.17, 15) is 9.59 Å². The maximum absolute atomic E-state index is 13.3. The molecule has 4 heterocycles. The maximum Gasteiger partial charge on any atom is 0.257 e. The van der Waals surface area contributed by atoms with Crippen LogP contribution in [0, 0.1) is 6.92 Å². The van der Waals surface area contributed by atoms with Gasteiger partial charge in [0, 0.05) is 52.2 Å². The number of thiophene rings is 1. The number of rotatable bonds is 4. The zero-order valence-corrected chi connectivity index (χ0v) is 20.0. The average Bonchev–Trinajstić information content (AvgIpc) is 3.44. The van der Waals surface area contributed by atoms with Gasteiger partial charge in [-0.3, -0.25) is 9.59 Å². The van der Waals surface area contributed by atoms with Gasteiger partial charge in [-0.2, -0.15) is 11.3 Å². The van der Waals surface area contributed by atoms with Gasteiger partial charge in [-0.25, -0.2) is 0 Å². The molecular weight excluding hydrogens is 464 g/mol. The molecule has 5 rings (SSSR count). The van der Waals surface area contributed by atoms with Crippen molar-refractivity contribution < 1.29 is 9.53 Å². The molecule has 2 atom stereocenters. The molecule has 3 aromatic rings. The number of carbonyl (C=O) groups excluding carboxylic acids is 1. The largest absolute Gasteiger partial charge is 0.376 e. The lowest BCUT2D eigenvalue weighted by molar-refractivity contribution is 0.0855. The average molecular weight is 487 g/mol. The summed E-state index contributed by atoms with van der Waals surface area (Å²) in [5, 5.41) is 7.86. The number of ether oxygens (including phenoxy) is 1. The number of nitrogens with one attached hydrogen (secondary N) is 1. The number of fused-ring (bicyclic) bond motifs is 3. The minimum absolute atomic E-state index is 0.0164. The maximum atomic E-state index is 13.3. The minimum Gasteiger partial charge on any atom is -0.376 e. The van der Waals surface area contributed by atoms with Crippen molar-refractivity contribution in [2.75, 3.05) is 13.2 Å². The van der Waals surface area contributed by atoms with Crippen LogP contribution in [0.5, 0.6) is 0 Å². The monoisotopic (exact) mass is 486 g/mol. The zero-order valence-electron chi connectivity index (χ0n) is 17.6. The van der Waals surface area contributed by atoms with Crippen LogP contribution in [0.25, 0.3) is 5.69 Å². The molecule has 0 spiro atoms. The summed E-state index contributed by atoms with van der Waals surface area (Å²) in [7, 11) is 0. The highest BCUT2D eigenvalue weighted by Gasteiger charge is 2.30. The number of hydrogen-bond donors (Lipinski definition) is 1. The normalized spacial score (nSPS) is 19.8. The summed E-state index contributed by atoms with van der Waals surface area (Å²) in [4.78, 5) is 27.4. The molecule has 0 aliphatic carbocycles. The lowest BCUT2D eigenvalue weighted by Crippen LogP contribution is -2.36. The summed E-state index contributed by atoms with van der Waals surface area (Å²) in [5.74, 6) is -0.333. The summed E-state index contributed by atoms with van der Waals surface area (Å²) in [5.41, 5.74) is 3.64. The molecule has 2 aliphatic rings. The summed E-state index contributed by atoms with van der Waals surface area (Å²) in [6.07, 6.45) is 2.51. The number of carbonyl (C=O) groups is 1. The first-order chi connectivity index (χ1) is 15.5. The molecule has 1 saturated heterocycles. The van der Waals surface area contributed by atoms with Gasteiger partial charge in [0.25, 0.3) is 5.91 Å². The van der Waals surface area contributed by atoms with Gasteiger partial charge in [0.2, 0.25) is 0 Å². The van der Waals surface area contributed by atoms with Crippen LogP contribution in [0.2, 0.25) is 5.02 Å². The molecule has 0 unspecified atom stereocenters. The fraction of sp³-hybridized carbons (Fsp3) is 0.333. The van der Waals surface area contributed by atoms with E-state index in [-0.39, 0.29) is 28.3 Å². The molecular formula is C24H23ClN2O3S2. The van der Waals surface area contributed by atoms with Crippen molar-refractivity contribution in [2.24, 2.45) is 0 Å². The molecule has 1 amide bonds. The van der Waals surface area contributed by atoms with Gasteiger partial charge < -0.3 is 14.6 Å². The van der Waals surface area contributed by atoms with E-state index in [0.717, 1.165) is 41.4 Å². The third-order valence-corrected chi connectivity index (χ3v) is 8.21. The van der Waals surface area contributed by atoms with E-state index in [1.165, 1.54) is 5.56 Å². The second-order valence-corrected chi connectivity index (χ2v) is 10.6. The Morgan fingerprint density at radius 2 is 2.19 bits per heavy atom. The molecule has 0 radical (unpaired) electrons. The fourth-order valence-corrected chi connectivity index (χ4v) is 6.79. The quantitative estimate of drug-likeness (QED) is 0.553. The molecule has 0 saturated carbocycles. The SMILES string of the molecule is Cc1cc(=O)c(C(=O)NC[C@@H]2CCCO2)c2n1-c1ccc(Cl)cc1S[C@@H](c1ccsc1)C2. The second-order valence-electron chi connectivity index (χ2n) is 8.13. The highest BCUT2D eigenvalue weighted by molar-refractivity contribution is 7.99. The standard InChI is InChI=1S/C24H23ClN2O3S2/c1-14-9-20(28)23(24(29)26-12-17-3-2-7-30-17)19-11-21(15-6-8-31-13-15)32-22-10-16(25)4-5-18(22)27(14)19/h4-6,8-10,13,17,21H,2-3,7,11-12H2,1H3,(H,26,29)/t17-,21+/m0/s1. The van der Waals surface area contributed by atoms with Crippen LogP contribution < -0.4 is 10.7 Å².